The lowest BCUT2D eigenvalue weighted by Crippen LogP contribution is -2.22. The molecule has 0 saturated heterocycles. The smallest absolute Gasteiger partial charge is 0.161 e. The molecule has 1 aromatic carbocycles. The van der Waals surface area contributed by atoms with Crippen LogP contribution in [0.4, 0.5) is 0 Å². The summed E-state index contributed by atoms with van der Waals surface area (Å²) in [5.41, 5.74) is 3.54. The molecule has 0 saturated carbocycles. The van der Waals surface area contributed by atoms with Crippen molar-refractivity contribution < 1.29 is 4.74 Å². The van der Waals surface area contributed by atoms with Gasteiger partial charge in [0.15, 0.2) is 5.75 Å². The Morgan fingerprint density at radius 3 is 2.79 bits per heavy atom. The molecule has 102 valence electrons. The highest BCUT2D eigenvalue weighted by Gasteiger charge is 2.21. The van der Waals surface area contributed by atoms with Gasteiger partial charge in [0.05, 0.1) is 19.3 Å². The number of aromatic nitrogens is 2. The van der Waals surface area contributed by atoms with Gasteiger partial charge in [-0.25, -0.2) is 0 Å². The maximum Gasteiger partial charge on any atom is 0.161 e. The summed E-state index contributed by atoms with van der Waals surface area (Å²) in [5.74, 6) is 0.822. The Labute approximate surface area is 114 Å². The van der Waals surface area contributed by atoms with Gasteiger partial charge in [-0.05, 0) is 26.5 Å². The molecule has 1 unspecified atom stereocenters. The Balaban J connectivity index is 2.50. The molecule has 1 aromatic heterocycles. The van der Waals surface area contributed by atoms with Crippen molar-refractivity contribution in [2.24, 2.45) is 0 Å². The van der Waals surface area contributed by atoms with Crippen LogP contribution in [-0.2, 0) is 6.54 Å². The van der Waals surface area contributed by atoms with Gasteiger partial charge in [0.2, 0.25) is 0 Å². The molecule has 0 bridgehead atoms. The van der Waals surface area contributed by atoms with Gasteiger partial charge >= 0.3 is 0 Å². The second-order valence-electron chi connectivity index (χ2n) is 4.55. The molecule has 0 aliphatic carbocycles. The van der Waals surface area contributed by atoms with E-state index in [-0.39, 0.29) is 6.04 Å². The average Bonchev–Trinajstić information content (AvgIpc) is 2.83. The Hall–Kier alpha value is -1.81. The fourth-order valence-corrected chi connectivity index (χ4v) is 2.39. The van der Waals surface area contributed by atoms with Crippen LogP contribution in [0.2, 0.25) is 0 Å². The lowest BCUT2D eigenvalue weighted by molar-refractivity contribution is 0.401. The van der Waals surface area contributed by atoms with Crippen LogP contribution in [0.5, 0.6) is 5.75 Å². The lowest BCUT2D eigenvalue weighted by atomic mass is 10.0. The first-order chi connectivity index (χ1) is 9.21. The van der Waals surface area contributed by atoms with Crippen molar-refractivity contribution in [3.05, 3.63) is 47.3 Å². The molecule has 0 amide bonds. The highest BCUT2D eigenvalue weighted by molar-refractivity contribution is 5.37. The van der Waals surface area contributed by atoms with E-state index in [0.717, 1.165) is 18.0 Å². The topological polar surface area (TPSA) is 39.1 Å². The highest BCUT2D eigenvalue weighted by atomic mass is 16.5. The van der Waals surface area contributed by atoms with Crippen LogP contribution < -0.4 is 10.1 Å². The Kier molecular flexibility index (Phi) is 4.22. The molecular formula is C15H21N3O. The van der Waals surface area contributed by atoms with Crippen LogP contribution in [0.25, 0.3) is 0 Å². The van der Waals surface area contributed by atoms with Crippen molar-refractivity contribution in [1.82, 2.24) is 15.1 Å². The Morgan fingerprint density at radius 2 is 2.21 bits per heavy atom. The van der Waals surface area contributed by atoms with Crippen molar-refractivity contribution in [2.75, 3.05) is 14.2 Å². The van der Waals surface area contributed by atoms with E-state index < -0.39 is 0 Å². The molecule has 0 aliphatic rings. The van der Waals surface area contributed by atoms with E-state index in [1.165, 1.54) is 11.1 Å². The van der Waals surface area contributed by atoms with E-state index in [4.69, 9.17) is 4.74 Å². The molecule has 2 aromatic rings. The quantitative estimate of drug-likeness (QED) is 0.897. The molecule has 0 radical (unpaired) electrons. The number of aryl methyl sites for hydroxylation is 2. The van der Waals surface area contributed by atoms with Crippen molar-refractivity contribution in [3.63, 3.8) is 0 Å². The van der Waals surface area contributed by atoms with Gasteiger partial charge in [0.1, 0.15) is 5.69 Å². The SMILES string of the molecule is CCn1ncc(OC)c1C(NC)c1cccc(C)c1. The summed E-state index contributed by atoms with van der Waals surface area (Å²) in [4.78, 5) is 0. The van der Waals surface area contributed by atoms with Gasteiger partial charge in [-0.3, -0.25) is 4.68 Å². The van der Waals surface area contributed by atoms with Crippen LogP contribution in [0, 0.1) is 6.92 Å². The van der Waals surface area contributed by atoms with Crippen LogP contribution in [-0.4, -0.2) is 23.9 Å². The first-order valence-electron chi connectivity index (χ1n) is 6.54. The van der Waals surface area contributed by atoms with Crippen LogP contribution in [0.15, 0.2) is 30.5 Å². The molecular weight excluding hydrogens is 238 g/mol. The number of ether oxygens (including phenoxy) is 1. The van der Waals surface area contributed by atoms with Crippen molar-refractivity contribution in [3.8, 4) is 5.75 Å². The molecule has 2 rings (SSSR count). The zero-order valence-corrected chi connectivity index (χ0v) is 12.0. The summed E-state index contributed by atoms with van der Waals surface area (Å²) in [6, 6.07) is 8.57. The van der Waals surface area contributed by atoms with Gasteiger partial charge in [0, 0.05) is 6.54 Å². The monoisotopic (exact) mass is 259 g/mol. The van der Waals surface area contributed by atoms with E-state index in [1.807, 2.05) is 11.7 Å². The zero-order chi connectivity index (χ0) is 13.8. The van der Waals surface area contributed by atoms with Gasteiger partial charge in [0.25, 0.3) is 0 Å². The number of benzene rings is 1. The molecule has 1 N–H and O–H groups in total. The summed E-state index contributed by atoms with van der Waals surface area (Å²) in [7, 11) is 3.64. The fourth-order valence-electron chi connectivity index (χ4n) is 2.39. The largest absolute Gasteiger partial charge is 0.493 e. The standard InChI is InChI=1S/C15H21N3O/c1-5-18-15(13(19-4)10-17-18)14(16-3)12-8-6-7-11(2)9-12/h6-10,14,16H,5H2,1-4H3. The Bertz CT molecular complexity index is 527. The summed E-state index contributed by atoms with van der Waals surface area (Å²) in [6.07, 6.45) is 1.78. The summed E-state index contributed by atoms with van der Waals surface area (Å²) >= 11 is 0. The second-order valence-corrected chi connectivity index (χ2v) is 4.55. The normalized spacial score (nSPS) is 12.4. The highest BCUT2D eigenvalue weighted by Crippen LogP contribution is 2.30. The fraction of sp³-hybridized carbons (Fsp3) is 0.400. The number of hydrogen-bond acceptors (Lipinski definition) is 3. The summed E-state index contributed by atoms with van der Waals surface area (Å²) in [6.45, 7) is 5.01. The van der Waals surface area contributed by atoms with Gasteiger partial charge < -0.3 is 10.1 Å². The zero-order valence-electron chi connectivity index (χ0n) is 12.0. The predicted octanol–water partition coefficient (Wildman–Crippen LogP) is 2.53. The number of methoxy groups -OCH3 is 1. The lowest BCUT2D eigenvalue weighted by Gasteiger charge is -2.19. The maximum atomic E-state index is 5.44. The van der Waals surface area contributed by atoms with E-state index in [0.29, 0.717) is 0 Å². The van der Waals surface area contributed by atoms with Crippen LogP contribution in [0.1, 0.15) is 29.8 Å². The molecule has 0 aliphatic heterocycles. The Morgan fingerprint density at radius 1 is 1.42 bits per heavy atom. The third-order valence-electron chi connectivity index (χ3n) is 3.30. The number of nitrogens with zero attached hydrogens (tertiary/aromatic N) is 2. The summed E-state index contributed by atoms with van der Waals surface area (Å²) in [5, 5.41) is 7.73. The van der Waals surface area contributed by atoms with E-state index in [1.54, 1.807) is 13.3 Å². The van der Waals surface area contributed by atoms with E-state index >= 15 is 0 Å². The van der Waals surface area contributed by atoms with E-state index in [9.17, 15) is 0 Å². The van der Waals surface area contributed by atoms with Gasteiger partial charge in [-0.1, -0.05) is 29.8 Å². The first-order valence-corrected chi connectivity index (χ1v) is 6.54. The minimum atomic E-state index is 0.0808. The second kappa shape index (κ2) is 5.89. The van der Waals surface area contributed by atoms with E-state index in [2.05, 4.69) is 48.5 Å². The van der Waals surface area contributed by atoms with Crippen molar-refractivity contribution in [2.45, 2.75) is 26.4 Å². The van der Waals surface area contributed by atoms with Gasteiger partial charge in [-0.15, -0.1) is 0 Å². The van der Waals surface area contributed by atoms with Crippen LogP contribution in [0.3, 0.4) is 0 Å². The third-order valence-corrected chi connectivity index (χ3v) is 3.30. The number of rotatable bonds is 5. The van der Waals surface area contributed by atoms with Crippen LogP contribution >= 0.6 is 0 Å². The van der Waals surface area contributed by atoms with Crippen molar-refractivity contribution >= 4 is 0 Å². The first kappa shape index (κ1) is 13.6. The molecule has 4 heteroatoms. The minimum Gasteiger partial charge on any atom is -0.493 e. The molecule has 0 spiro atoms. The predicted molar refractivity (Wildman–Crippen MR) is 76.5 cm³/mol. The average molecular weight is 259 g/mol. The third kappa shape index (κ3) is 2.63. The minimum absolute atomic E-state index is 0.0808. The molecule has 0 fully saturated rings. The molecule has 19 heavy (non-hydrogen) atoms. The number of nitrogens with one attached hydrogen (secondary N) is 1. The molecule has 1 heterocycles. The van der Waals surface area contributed by atoms with Gasteiger partial charge in [-0.2, -0.15) is 5.10 Å². The summed E-state index contributed by atoms with van der Waals surface area (Å²) < 4.78 is 7.41. The molecule has 1 atom stereocenters. The van der Waals surface area contributed by atoms with Crippen molar-refractivity contribution in [1.29, 1.82) is 0 Å². The molecule has 4 nitrogen and oxygen atoms in total. The maximum absolute atomic E-state index is 5.44. The number of hydrogen-bond donors (Lipinski definition) is 1.